The van der Waals surface area contributed by atoms with Crippen molar-refractivity contribution in [3.05, 3.63) is 65.2 Å². The number of fused-ring (bicyclic) bond motifs is 1. The number of nitrogens with zero attached hydrogens (tertiary/aromatic N) is 1. The van der Waals surface area contributed by atoms with Crippen molar-refractivity contribution < 1.29 is 9.53 Å². The molecule has 4 heteroatoms. The van der Waals surface area contributed by atoms with Crippen LogP contribution in [-0.4, -0.2) is 18.2 Å². The second kappa shape index (κ2) is 7.97. The summed E-state index contributed by atoms with van der Waals surface area (Å²) in [6.45, 7) is 4.25. The molecule has 4 nitrogen and oxygen atoms in total. The van der Waals surface area contributed by atoms with Crippen molar-refractivity contribution in [1.29, 1.82) is 0 Å². The fourth-order valence-electron chi connectivity index (χ4n) is 2.98. The Morgan fingerprint density at radius 2 is 1.88 bits per heavy atom. The highest BCUT2D eigenvalue weighted by Gasteiger charge is 2.15. The normalized spacial score (nSPS) is 15.1. The molecule has 0 saturated carbocycles. The van der Waals surface area contributed by atoms with Crippen molar-refractivity contribution in [2.24, 2.45) is 5.10 Å². The Hall–Kier alpha value is -2.62. The average molecular weight is 336 g/mol. The van der Waals surface area contributed by atoms with Gasteiger partial charge in [-0.05, 0) is 48.4 Å². The van der Waals surface area contributed by atoms with Gasteiger partial charge in [-0.3, -0.25) is 4.79 Å². The van der Waals surface area contributed by atoms with Gasteiger partial charge in [0.05, 0.1) is 5.71 Å². The third-order valence-corrected chi connectivity index (χ3v) is 4.42. The molecule has 3 rings (SSSR count). The van der Waals surface area contributed by atoms with Gasteiger partial charge in [0.2, 0.25) is 0 Å². The number of hydrogen-bond acceptors (Lipinski definition) is 3. The van der Waals surface area contributed by atoms with Crippen molar-refractivity contribution in [1.82, 2.24) is 5.43 Å². The van der Waals surface area contributed by atoms with Crippen LogP contribution < -0.4 is 10.2 Å². The van der Waals surface area contributed by atoms with Crippen molar-refractivity contribution in [2.45, 2.75) is 39.0 Å². The number of rotatable bonds is 5. The third-order valence-electron chi connectivity index (χ3n) is 4.42. The Labute approximate surface area is 148 Å². The van der Waals surface area contributed by atoms with Crippen LogP contribution in [0.4, 0.5) is 0 Å². The number of ether oxygens (including phenoxy) is 1. The summed E-state index contributed by atoms with van der Waals surface area (Å²) in [6.07, 6.45) is 3.01. The Kier molecular flexibility index (Phi) is 5.49. The van der Waals surface area contributed by atoms with Crippen molar-refractivity contribution in [3.8, 4) is 5.75 Å². The summed E-state index contributed by atoms with van der Waals surface area (Å²) in [5.74, 6) is 0.922. The maximum Gasteiger partial charge on any atom is 0.277 e. The van der Waals surface area contributed by atoms with Gasteiger partial charge >= 0.3 is 0 Å². The molecule has 25 heavy (non-hydrogen) atoms. The van der Waals surface area contributed by atoms with E-state index in [-0.39, 0.29) is 12.5 Å². The summed E-state index contributed by atoms with van der Waals surface area (Å²) >= 11 is 0. The summed E-state index contributed by atoms with van der Waals surface area (Å²) in [5, 5.41) is 4.31. The molecule has 1 aliphatic rings. The molecule has 0 saturated heterocycles. The maximum absolute atomic E-state index is 12.0. The summed E-state index contributed by atoms with van der Waals surface area (Å²) in [7, 11) is 0. The third kappa shape index (κ3) is 4.47. The van der Waals surface area contributed by atoms with Crippen molar-refractivity contribution >= 4 is 11.6 Å². The molecule has 1 N–H and O–H groups in total. The van der Waals surface area contributed by atoms with Gasteiger partial charge in [-0.15, -0.1) is 0 Å². The number of hydrogen-bond donors (Lipinski definition) is 1. The van der Waals surface area contributed by atoms with E-state index in [1.807, 2.05) is 36.4 Å². The molecule has 0 aromatic heterocycles. The van der Waals surface area contributed by atoms with E-state index in [2.05, 4.69) is 36.5 Å². The van der Waals surface area contributed by atoms with Crippen LogP contribution in [0.5, 0.6) is 5.75 Å². The molecule has 0 radical (unpaired) electrons. The lowest BCUT2D eigenvalue weighted by molar-refractivity contribution is -0.123. The van der Waals surface area contributed by atoms with Crippen LogP contribution in [0.25, 0.3) is 0 Å². The lowest BCUT2D eigenvalue weighted by Crippen LogP contribution is -2.26. The van der Waals surface area contributed by atoms with E-state index in [1.165, 1.54) is 11.1 Å². The van der Waals surface area contributed by atoms with E-state index in [0.717, 1.165) is 30.5 Å². The Balaban J connectivity index is 1.55. The van der Waals surface area contributed by atoms with E-state index in [9.17, 15) is 4.79 Å². The van der Waals surface area contributed by atoms with Gasteiger partial charge in [-0.1, -0.05) is 50.2 Å². The average Bonchev–Trinajstić information content (AvgIpc) is 2.65. The lowest BCUT2D eigenvalue weighted by atomic mass is 9.90. The van der Waals surface area contributed by atoms with E-state index >= 15 is 0 Å². The first-order valence-corrected chi connectivity index (χ1v) is 8.80. The predicted molar refractivity (Wildman–Crippen MR) is 100 cm³/mol. The standard InChI is InChI=1S/C21H24N2O2/c1-15(2)16-10-12-18(13-11-16)25-14-21(24)23-22-20-9-5-7-17-6-3-4-8-19(17)20/h3-4,6,8,10-13,15H,5,7,9,14H2,1-2H3,(H,23,24)/b22-20-. The van der Waals surface area contributed by atoms with Crippen molar-refractivity contribution in [2.75, 3.05) is 6.61 Å². The first-order chi connectivity index (χ1) is 12.1. The van der Waals surface area contributed by atoms with Crippen LogP contribution in [0.2, 0.25) is 0 Å². The minimum absolute atomic E-state index is 0.0422. The highest BCUT2D eigenvalue weighted by atomic mass is 16.5. The van der Waals surface area contributed by atoms with Crippen molar-refractivity contribution in [3.63, 3.8) is 0 Å². The lowest BCUT2D eigenvalue weighted by Gasteiger charge is -2.17. The number of carbonyl (C=O) groups is 1. The SMILES string of the molecule is CC(C)c1ccc(OCC(=O)N/N=C2/CCCc3ccccc32)cc1. The van der Waals surface area contributed by atoms with Crippen LogP contribution >= 0.6 is 0 Å². The largest absolute Gasteiger partial charge is 0.484 e. The molecule has 130 valence electrons. The van der Waals surface area contributed by atoms with E-state index in [1.54, 1.807) is 0 Å². The quantitative estimate of drug-likeness (QED) is 0.838. The zero-order valence-electron chi connectivity index (χ0n) is 14.8. The second-order valence-electron chi connectivity index (χ2n) is 6.62. The Morgan fingerprint density at radius 1 is 1.12 bits per heavy atom. The molecule has 0 heterocycles. The van der Waals surface area contributed by atoms with Gasteiger partial charge in [0.15, 0.2) is 6.61 Å². The van der Waals surface area contributed by atoms with Gasteiger partial charge in [0.25, 0.3) is 5.91 Å². The molecule has 2 aromatic rings. The molecule has 0 bridgehead atoms. The summed E-state index contributed by atoms with van der Waals surface area (Å²) in [5.41, 5.74) is 7.24. The van der Waals surface area contributed by atoms with Crippen LogP contribution in [0.15, 0.2) is 53.6 Å². The Morgan fingerprint density at radius 3 is 2.64 bits per heavy atom. The van der Waals surface area contributed by atoms with Crippen LogP contribution in [-0.2, 0) is 11.2 Å². The van der Waals surface area contributed by atoms with E-state index in [4.69, 9.17) is 4.74 Å². The zero-order valence-corrected chi connectivity index (χ0v) is 14.8. The molecule has 0 unspecified atom stereocenters. The summed E-state index contributed by atoms with van der Waals surface area (Å²) in [4.78, 5) is 12.0. The van der Waals surface area contributed by atoms with E-state index in [0.29, 0.717) is 11.7 Å². The molecule has 1 aliphatic carbocycles. The van der Waals surface area contributed by atoms with Crippen LogP contribution in [0.1, 0.15) is 49.3 Å². The van der Waals surface area contributed by atoms with Gasteiger partial charge < -0.3 is 4.74 Å². The molecule has 0 fully saturated rings. The van der Waals surface area contributed by atoms with Gasteiger partial charge in [0.1, 0.15) is 5.75 Å². The van der Waals surface area contributed by atoms with Gasteiger partial charge in [-0.25, -0.2) is 5.43 Å². The monoisotopic (exact) mass is 336 g/mol. The smallest absolute Gasteiger partial charge is 0.277 e. The van der Waals surface area contributed by atoms with Gasteiger partial charge in [0, 0.05) is 5.56 Å². The molecule has 1 amide bonds. The molecular weight excluding hydrogens is 312 g/mol. The highest BCUT2D eigenvalue weighted by molar-refractivity contribution is 6.03. The minimum atomic E-state index is -0.247. The number of carbonyl (C=O) groups excluding carboxylic acids is 1. The molecule has 0 atom stereocenters. The molecule has 0 aliphatic heterocycles. The predicted octanol–water partition coefficient (Wildman–Crippen LogP) is 4.05. The van der Waals surface area contributed by atoms with Gasteiger partial charge in [-0.2, -0.15) is 5.10 Å². The number of hydrazone groups is 1. The first kappa shape index (κ1) is 17.2. The second-order valence-corrected chi connectivity index (χ2v) is 6.62. The number of amides is 1. The molecule has 2 aromatic carbocycles. The molecule has 0 spiro atoms. The number of aryl methyl sites for hydroxylation is 1. The molecular formula is C21H24N2O2. The fourth-order valence-corrected chi connectivity index (χ4v) is 2.98. The minimum Gasteiger partial charge on any atom is -0.484 e. The summed E-state index contributed by atoms with van der Waals surface area (Å²) < 4.78 is 5.53. The number of nitrogens with one attached hydrogen (secondary N) is 1. The zero-order chi connectivity index (χ0) is 17.6. The number of benzene rings is 2. The Bertz CT molecular complexity index is 764. The fraction of sp³-hybridized carbons (Fsp3) is 0.333. The summed E-state index contributed by atoms with van der Waals surface area (Å²) in [6, 6.07) is 16.1. The van der Waals surface area contributed by atoms with Crippen LogP contribution in [0, 0.1) is 0 Å². The first-order valence-electron chi connectivity index (χ1n) is 8.80. The van der Waals surface area contributed by atoms with Crippen LogP contribution in [0.3, 0.4) is 0 Å². The maximum atomic E-state index is 12.0. The topological polar surface area (TPSA) is 50.7 Å². The van der Waals surface area contributed by atoms with E-state index < -0.39 is 0 Å². The highest BCUT2D eigenvalue weighted by Crippen LogP contribution is 2.21.